The maximum Gasteiger partial charge on any atom is 0.223 e. The molecule has 0 spiro atoms. The van der Waals surface area contributed by atoms with E-state index in [0.29, 0.717) is 12.4 Å². The molecule has 3 aliphatic rings. The van der Waals surface area contributed by atoms with E-state index in [2.05, 4.69) is 50.5 Å². The third kappa shape index (κ3) is 4.17. The molecule has 1 aliphatic carbocycles. The zero-order chi connectivity index (χ0) is 21.0. The number of nitrogens with one attached hydrogen (secondary N) is 2. The van der Waals surface area contributed by atoms with E-state index in [1.807, 2.05) is 12.4 Å². The molecule has 0 bridgehead atoms. The Bertz CT molecular complexity index is 1090. The molecule has 1 unspecified atom stereocenters. The number of aryl methyl sites for hydroxylation is 2. The fourth-order valence-corrected chi connectivity index (χ4v) is 4.61. The van der Waals surface area contributed by atoms with E-state index in [9.17, 15) is 5.26 Å². The number of nitrogens with zero attached hydrogens (tertiary/aromatic N) is 5. The number of guanidine groups is 1. The summed E-state index contributed by atoms with van der Waals surface area (Å²) in [4.78, 5) is 14.1. The van der Waals surface area contributed by atoms with Crippen molar-refractivity contribution in [3.05, 3.63) is 47.3 Å². The van der Waals surface area contributed by atoms with Crippen LogP contribution >= 0.6 is 0 Å². The van der Waals surface area contributed by atoms with Gasteiger partial charge in [0.2, 0.25) is 5.96 Å². The number of imidazole rings is 1. The number of aliphatic imine (C=N–C) groups is 2. The monoisotopic (exact) mass is 413 g/mol. The summed E-state index contributed by atoms with van der Waals surface area (Å²) in [6.07, 6.45) is 12.4. The molecule has 2 N–H and O–H groups in total. The minimum atomic E-state index is 0.227. The minimum Gasteiger partial charge on any atom is -0.315 e. The summed E-state index contributed by atoms with van der Waals surface area (Å²) in [6, 6.07) is 9.13. The summed E-state index contributed by atoms with van der Waals surface area (Å²) in [6.45, 7) is 1.94. The Morgan fingerprint density at radius 1 is 1.23 bits per heavy atom. The van der Waals surface area contributed by atoms with Crippen LogP contribution in [0.25, 0.3) is 17.2 Å². The fourth-order valence-electron chi connectivity index (χ4n) is 4.61. The molecule has 1 aromatic heterocycles. The van der Waals surface area contributed by atoms with E-state index in [1.165, 1.54) is 17.5 Å². The Kier molecular flexibility index (Phi) is 5.63. The Hall–Kier alpha value is -3.24. The van der Waals surface area contributed by atoms with Crippen LogP contribution in [0.5, 0.6) is 0 Å². The lowest BCUT2D eigenvalue weighted by Crippen LogP contribution is -2.34. The molecule has 1 saturated heterocycles. The Labute approximate surface area is 182 Å². The van der Waals surface area contributed by atoms with Crippen molar-refractivity contribution in [2.75, 3.05) is 13.1 Å². The van der Waals surface area contributed by atoms with Gasteiger partial charge in [-0.1, -0.05) is 12.1 Å². The first-order valence-corrected chi connectivity index (χ1v) is 11.2. The lowest BCUT2D eigenvalue weighted by molar-refractivity contribution is 0.460. The van der Waals surface area contributed by atoms with Crippen LogP contribution < -0.4 is 10.6 Å². The van der Waals surface area contributed by atoms with Crippen molar-refractivity contribution < 1.29 is 0 Å². The van der Waals surface area contributed by atoms with Crippen molar-refractivity contribution in [2.45, 2.75) is 51.0 Å². The number of rotatable bonds is 4. The summed E-state index contributed by atoms with van der Waals surface area (Å²) in [7, 11) is 0. The average Bonchev–Trinajstić information content (AvgIpc) is 3.37. The molecular weight excluding hydrogens is 386 g/mol. The lowest BCUT2D eigenvalue weighted by Gasteiger charge is -2.21. The highest BCUT2D eigenvalue weighted by Crippen LogP contribution is 2.29. The predicted octanol–water partition coefficient (Wildman–Crippen LogP) is 3.08. The van der Waals surface area contributed by atoms with Crippen molar-refractivity contribution >= 4 is 18.0 Å². The second-order valence-corrected chi connectivity index (χ2v) is 8.30. The number of fused-ring (bicyclic) bond motifs is 1. The molecular formula is C24H27N7. The lowest BCUT2D eigenvalue weighted by atomic mass is 10.1. The van der Waals surface area contributed by atoms with Crippen LogP contribution in [-0.4, -0.2) is 40.9 Å². The van der Waals surface area contributed by atoms with Crippen LogP contribution in [0, 0.1) is 11.3 Å². The summed E-state index contributed by atoms with van der Waals surface area (Å²) >= 11 is 0. The second kappa shape index (κ2) is 8.86. The summed E-state index contributed by atoms with van der Waals surface area (Å²) < 4.78 is 2.06. The third-order valence-electron chi connectivity index (χ3n) is 6.14. The van der Waals surface area contributed by atoms with Gasteiger partial charge in [-0.3, -0.25) is 4.57 Å². The van der Waals surface area contributed by atoms with Gasteiger partial charge in [-0.15, -0.1) is 0 Å². The molecule has 0 amide bonds. The van der Waals surface area contributed by atoms with E-state index < -0.39 is 0 Å². The highest BCUT2D eigenvalue weighted by molar-refractivity contribution is 5.94. The Balaban J connectivity index is 1.51. The first-order chi connectivity index (χ1) is 15.3. The van der Waals surface area contributed by atoms with Crippen molar-refractivity contribution in [3.8, 4) is 17.5 Å². The molecule has 5 rings (SSSR count). The first-order valence-electron chi connectivity index (χ1n) is 11.2. The van der Waals surface area contributed by atoms with Crippen LogP contribution in [0.1, 0.15) is 42.5 Å². The molecule has 2 aromatic rings. The normalized spacial score (nSPS) is 21.8. The van der Waals surface area contributed by atoms with Crippen LogP contribution in [0.2, 0.25) is 0 Å². The molecule has 1 aromatic carbocycles. The largest absolute Gasteiger partial charge is 0.315 e. The van der Waals surface area contributed by atoms with E-state index in [-0.39, 0.29) is 12.5 Å². The van der Waals surface area contributed by atoms with Gasteiger partial charge >= 0.3 is 0 Å². The Morgan fingerprint density at radius 3 is 3.03 bits per heavy atom. The van der Waals surface area contributed by atoms with Crippen molar-refractivity contribution in [2.24, 2.45) is 9.98 Å². The zero-order valence-corrected chi connectivity index (χ0v) is 17.6. The fraction of sp³-hybridized carbons (Fsp3) is 0.417. The molecule has 2 aliphatic heterocycles. The van der Waals surface area contributed by atoms with Crippen LogP contribution in [-0.2, 0) is 19.3 Å². The molecule has 31 heavy (non-hydrogen) atoms. The van der Waals surface area contributed by atoms with E-state index in [0.717, 1.165) is 61.7 Å². The van der Waals surface area contributed by atoms with Gasteiger partial charge < -0.3 is 10.6 Å². The standard InChI is InChI=1S/C24H27N7/c25-11-10-21-16-28-23(19-9-8-17-4-1-5-18(17)14-19)31(21)22-7-3-13-27-24(30-22)29-20-6-2-12-26-15-20/h7-9,13-14,16,20,26H,1-6,10,12,15H2,(H,29,30). The molecule has 3 heterocycles. The number of benzene rings is 1. The quantitative estimate of drug-likeness (QED) is 0.806. The highest BCUT2D eigenvalue weighted by atomic mass is 15.3. The Morgan fingerprint density at radius 2 is 2.16 bits per heavy atom. The molecule has 0 radical (unpaired) electrons. The number of nitriles is 1. The number of aromatic nitrogens is 2. The van der Waals surface area contributed by atoms with Gasteiger partial charge in [0, 0.05) is 24.7 Å². The van der Waals surface area contributed by atoms with Gasteiger partial charge in [0.15, 0.2) is 0 Å². The van der Waals surface area contributed by atoms with Gasteiger partial charge in [0.25, 0.3) is 0 Å². The van der Waals surface area contributed by atoms with Gasteiger partial charge in [-0.05, 0) is 61.9 Å². The summed E-state index contributed by atoms with van der Waals surface area (Å²) in [5.41, 5.74) is 4.78. The average molecular weight is 414 g/mol. The first kappa shape index (κ1) is 19.7. The van der Waals surface area contributed by atoms with E-state index in [4.69, 9.17) is 9.98 Å². The minimum absolute atomic E-state index is 0.227. The van der Waals surface area contributed by atoms with Gasteiger partial charge in [-0.2, -0.15) is 5.26 Å². The molecule has 0 saturated carbocycles. The number of allylic oxidation sites excluding steroid dienone is 1. The topological polar surface area (TPSA) is 90.4 Å². The maximum atomic E-state index is 9.39. The van der Waals surface area contributed by atoms with Gasteiger partial charge in [0.1, 0.15) is 11.6 Å². The zero-order valence-electron chi connectivity index (χ0n) is 17.6. The SMILES string of the molecule is N#CCc1cnc(-c2ccc3c(c2)CCC3)n1C1=CCC=NC(=NC2CCCNC2)N1. The molecule has 7 heteroatoms. The van der Waals surface area contributed by atoms with Gasteiger partial charge in [0.05, 0.1) is 30.4 Å². The molecule has 7 nitrogen and oxygen atoms in total. The third-order valence-corrected chi connectivity index (χ3v) is 6.14. The second-order valence-electron chi connectivity index (χ2n) is 8.30. The van der Waals surface area contributed by atoms with Crippen molar-refractivity contribution in [3.63, 3.8) is 0 Å². The predicted molar refractivity (Wildman–Crippen MR) is 123 cm³/mol. The smallest absolute Gasteiger partial charge is 0.223 e. The number of hydrogen-bond acceptors (Lipinski definition) is 4. The van der Waals surface area contributed by atoms with Gasteiger partial charge in [-0.25, -0.2) is 15.0 Å². The summed E-state index contributed by atoms with van der Waals surface area (Å²) in [5.74, 6) is 2.33. The maximum absolute atomic E-state index is 9.39. The molecule has 1 atom stereocenters. The van der Waals surface area contributed by atoms with E-state index >= 15 is 0 Å². The highest BCUT2D eigenvalue weighted by Gasteiger charge is 2.20. The van der Waals surface area contributed by atoms with E-state index in [1.54, 1.807) is 0 Å². The van der Waals surface area contributed by atoms with Crippen molar-refractivity contribution in [1.82, 2.24) is 20.2 Å². The van der Waals surface area contributed by atoms with Crippen LogP contribution in [0.15, 0.2) is 40.5 Å². The molecule has 1 fully saturated rings. The van der Waals surface area contributed by atoms with Crippen LogP contribution in [0.3, 0.4) is 0 Å². The summed E-state index contributed by atoms with van der Waals surface area (Å²) in [5, 5.41) is 16.2. The van der Waals surface area contributed by atoms with Crippen LogP contribution in [0.4, 0.5) is 0 Å². The van der Waals surface area contributed by atoms with Crippen molar-refractivity contribution in [1.29, 1.82) is 5.26 Å². The molecule has 158 valence electrons. The number of hydrogen-bond donors (Lipinski definition) is 2. The number of piperidine rings is 1.